The number of hydrogen-bond donors (Lipinski definition) is 2. The minimum absolute atomic E-state index is 0.881. The van der Waals surface area contributed by atoms with Gasteiger partial charge in [-0.05, 0) is 57.0 Å². The first-order valence-corrected chi connectivity index (χ1v) is 9.10. The van der Waals surface area contributed by atoms with E-state index in [4.69, 9.17) is 12.2 Å². The lowest BCUT2D eigenvalue weighted by Crippen LogP contribution is -3.18. The molecule has 3 nitrogen and oxygen atoms in total. The number of nitrogens with zero attached hydrogens (tertiary/aromatic N) is 1. The standard InChI is InChI=1S/C18H27N3S/c1-15-7-9-16(10-8-15)19-18(22)21-13-11-20(12-14-21)17-5-3-2-4-6-17/h7-10,17H,2-6,11-14H2,1H3,(H,19,22)/p+1. The Morgan fingerprint density at radius 3 is 2.36 bits per heavy atom. The van der Waals surface area contributed by atoms with Crippen LogP contribution in [0.15, 0.2) is 24.3 Å². The van der Waals surface area contributed by atoms with Gasteiger partial charge in [0.25, 0.3) is 0 Å². The lowest BCUT2D eigenvalue weighted by molar-refractivity contribution is -0.930. The first-order chi connectivity index (χ1) is 10.7. The Labute approximate surface area is 139 Å². The number of aryl methyl sites for hydroxylation is 1. The van der Waals surface area contributed by atoms with E-state index in [1.54, 1.807) is 0 Å². The van der Waals surface area contributed by atoms with Crippen LogP contribution in [0.1, 0.15) is 37.7 Å². The maximum atomic E-state index is 5.59. The summed E-state index contributed by atoms with van der Waals surface area (Å²) in [6.07, 6.45) is 7.18. The van der Waals surface area contributed by atoms with Crippen LogP contribution in [0.2, 0.25) is 0 Å². The van der Waals surface area contributed by atoms with Crippen LogP contribution >= 0.6 is 12.2 Å². The van der Waals surface area contributed by atoms with Crippen molar-refractivity contribution in [3.8, 4) is 0 Å². The maximum Gasteiger partial charge on any atom is 0.173 e. The summed E-state index contributed by atoms with van der Waals surface area (Å²) in [5.41, 5.74) is 2.37. The molecule has 4 heteroatoms. The van der Waals surface area contributed by atoms with Crippen LogP contribution in [0.3, 0.4) is 0 Å². The van der Waals surface area contributed by atoms with Crippen molar-refractivity contribution in [3.05, 3.63) is 29.8 Å². The monoisotopic (exact) mass is 318 g/mol. The predicted molar refractivity (Wildman–Crippen MR) is 96.5 cm³/mol. The highest BCUT2D eigenvalue weighted by molar-refractivity contribution is 7.80. The lowest BCUT2D eigenvalue weighted by Gasteiger charge is -2.38. The van der Waals surface area contributed by atoms with Gasteiger partial charge in [-0.15, -0.1) is 0 Å². The fourth-order valence-electron chi connectivity index (χ4n) is 3.76. The lowest BCUT2D eigenvalue weighted by atomic mass is 9.94. The molecular formula is C18H28N3S+. The molecule has 0 radical (unpaired) electrons. The van der Waals surface area contributed by atoms with Crippen molar-refractivity contribution in [1.82, 2.24) is 4.90 Å². The van der Waals surface area contributed by atoms with Crippen LogP contribution in [0, 0.1) is 6.92 Å². The van der Waals surface area contributed by atoms with E-state index in [2.05, 4.69) is 41.4 Å². The summed E-state index contributed by atoms with van der Waals surface area (Å²) in [4.78, 5) is 4.15. The highest BCUT2D eigenvalue weighted by Crippen LogP contribution is 2.16. The van der Waals surface area contributed by atoms with Gasteiger partial charge >= 0.3 is 0 Å². The van der Waals surface area contributed by atoms with Crippen molar-refractivity contribution < 1.29 is 4.90 Å². The van der Waals surface area contributed by atoms with Crippen LogP contribution < -0.4 is 10.2 Å². The van der Waals surface area contributed by atoms with Crippen molar-refractivity contribution in [2.45, 2.75) is 45.1 Å². The quantitative estimate of drug-likeness (QED) is 0.816. The Kier molecular flexibility index (Phi) is 5.32. The zero-order chi connectivity index (χ0) is 15.4. The normalized spacial score (nSPS) is 20.9. The molecule has 1 aromatic carbocycles. The van der Waals surface area contributed by atoms with Crippen molar-refractivity contribution in [1.29, 1.82) is 0 Å². The molecule has 0 atom stereocenters. The Morgan fingerprint density at radius 2 is 1.73 bits per heavy atom. The Balaban J connectivity index is 1.48. The maximum absolute atomic E-state index is 5.59. The fourth-order valence-corrected chi connectivity index (χ4v) is 4.06. The molecule has 1 saturated carbocycles. The number of nitrogens with one attached hydrogen (secondary N) is 2. The summed E-state index contributed by atoms with van der Waals surface area (Å²) in [6, 6.07) is 9.36. The molecule has 1 aliphatic heterocycles. The van der Waals surface area contributed by atoms with E-state index in [1.165, 1.54) is 50.8 Å². The second-order valence-corrected chi connectivity index (χ2v) is 7.16. The van der Waals surface area contributed by atoms with Gasteiger partial charge < -0.3 is 15.1 Å². The van der Waals surface area contributed by atoms with Crippen LogP contribution in [-0.4, -0.2) is 42.2 Å². The van der Waals surface area contributed by atoms with Gasteiger partial charge in [0.05, 0.1) is 32.2 Å². The molecule has 0 spiro atoms. The van der Waals surface area contributed by atoms with E-state index in [9.17, 15) is 0 Å². The molecule has 120 valence electrons. The SMILES string of the molecule is Cc1ccc(NC(=S)N2CC[NH+](C3CCCCC3)CC2)cc1. The largest absolute Gasteiger partial charge is 0.338 e. The van der Waals surface area contributed by atoms with E-state index in [-0.39, 0.29) is 0 Å². The molecule has 1 saturated heterocycles. The third-order valence-corrected chi connectivity index (χ3v) is 5.54. The average molecular weight is 319 g/mol. The van der Waals surface area contributed by atoms with E-state index >= 15 is 0 Å². The van der Waals surface area contributed by atoms with Gasteiger partial charge in [0.2, 0.25) is 0 Å². The number of thiocarbonyl (C=S) groups is 1. The van der Waals surface area contributed by atoms with Gasteiger partial charge in [-0.1, -0.05) is 24.1 Å². The Bertz CT molecular complexity index is 486. The fraction of sp³-hybridized carbons (Fsp3) is 0.611. The van der Waals surface area contributed by atoms with Gasteiger partial charge in [-0.3, -0.25) is 0 Å². The second-order valence-electron chi connectivity index (χ2n) is 6.78. The number of hydrogen-bond acceptors (Lipinski definition) is 1. The molecule has 3 rings (SSSR count). The first-order valence-electron chi connectivity index (χ1n) is 8.69. The molecule has 0 aromatic heterocycles. The predicted octanol–water partition coefficient (Wildman–Crippen LogP) is 2.23. The zero-order valence-electron chi connectivity index (χ0n) is 13.6. The molecule has 2 fully saturated rings. The molecule has 2 aliphatic rings. The van der Waals surface area contributed by atoms with Crippen LogP contribution in [-0.2, 0) is 0 Å². The summed E-state index contributed by atoms with van der Waals surface area (Å²) in [6.45, 7) is 6.75. The average Bonchev–Trinajstić information content (AvgIpc) is 2.58. The molecule has 0 bridgehead atoms. The third kappa shape index (κ3) is 3.99. The van der Waals surface area contributed by atoms with Crippen molar-refractivity contribution >= 4 is 23.0 Å². The van der Waals surface area contributed by atoms with E-state index in [0.29, 0.717) is 0 Å². The third-order valence-electron chi connectivity index (χ3n) is 5.18. The molecule has 0 amide bonds. The topological polar surface area (TPSA) is 19.7 Å². The van der Waals surface area contributed by atoms with Gasteiger partial charge in [0, 0.05) is 5.69 Å². The van der Waals surface area contributed by atoms with Crippen LogP contribution in [0.5, 0.6) is 0 Å². The summed E-state index contributed by atoms with van der Waals surface area (Å²) in [5.74, 6) is 0. The van der Waals surface area contributed by atoms with E-state index in [1.807, 2.05) is 4.90 Å². The molecule has 22 heavy (non-hydrogen) atoms. The Hall–Kier alpha value is -1.13. The highest BCUT2D eigenvalue weighted by Gasteiger charge is 2.29. The summed E-state index contributed by atoms with van der Waals surface area (Å²) in [7, 11) is 0. The molecule has 1 aliphatic carbocycles. The minimum Gasteiger partial charge on any atom is -0.338 e. The number of anilines is 1. The second kappa shape index (κ2) is 7.42. The highest BCUT2D eigenvalue weighted by atomic mass is 32.1. The van der Waals surface area contributed by atoms with Gasteiger partial charge in [0.15, 0.2) is 5.11 Å². The number of rotatable bonds is 2. The molecule has 1 aromatic rings. The van der Waals surface area contributed by atoms with Crippen LogP contribution in [0.4, 0.5) is 5.69 Å². The summed E-state index contributed by atoms with van der Waals surface area (Å²) < 4.78 is 0. The number of piperazine rings is 1. The van der Waals surface area contributed by atoms with Gasteiger partial charge in [-0.25, -0.2) is 0 Å². The molecular weight excluding hydrogens is 290 g/mol. The van der Waals surface area contributed by atoms with Crippen molar-refractivity contribution in [2.75, 3.05) is 31.5 Å². The van der Waals surface area contributed by atoms with E-state index in [0.717, 1.165) is 29.9 Å². The van der Waals surface area contributed by atoms with Gasteiger partial charge in [0.1, 0.15) is 0 Å². The number of benzene rings is 1. The molecule has 0 unspecified atom stereocenters. The Morgan fingerprint density at radius 1 is 1.09 bits per heavy atom. The number of quaternary nitrogens is 1. The first kappa shape index (κ1) is 15.8. The van der Waals surface area contributed by atoms with Gasteiger partial charge in [-0.2, -0.15) is 0 Å². The molecule has 2 N–H and O–H groups in total. The van der Waals surface area contributed by atoms with E-state index < -0.39 is 0 Å². The molecule has 1 heterocycles. The summed E-state index contributed by atoms with van der Waals surface area (Å²) >= 11 is 5.59. The smallest absolute Gasteiger partial charge is 0.173 e. The van der Waals surface area contributed by atoms with Crippen LogP contribution in [0.25, 0.3) is 0 Å². The van der Waals surface area contributed by atoms with Crippen molar-refractivity contribution in [2.24, 2.45) is 0 Å². The van der Waals surface area contributed by atoms with Crippen molar-refractivity contribution in [3.63, 3.8) is 0 Å². The minimum atomic E-state index is 0.881. The zero-order valence-corrected chi connectivity index (χ0v) is 14.4. The summed E-state index contributed by atoms with van der Waals surface area (Å²) in [5, 5.41) is 4.26.